The molecule has 0 fully saturated rings. The normalized spacial score (nSPS) is 11.4. The van der Waals surface area contributed by atoms with Gasteiger partial charge in [-0.2, -0.15) is 13.2 Å². The second kappa shape index (κ2) is 6.96. The Morgan fingerprint density at radius 2 is 1.95 bits per heavy atom. The van der Waals surface area contributed by atoms with E-state index >= 15 is 0 Å². The van der Waals surface area contributed by atoms with Crippen LogP contribution in [0.4, 0.5) is 13.2 Å². The van der Waals surface area contributed by atoms with Crippen molar-refractivity contribution < 1.29 is 18.0 Å². The minimum absolute atomic E-state index is 0.0370. The molecule has 0 atom stereocenters. The fraction of sp³-hybridized carbons (Fsp3) is 0.455. The average Bonchev–Trinajstić information content (AvgIpc) is 2.30. The summed E-state index contributed by atoms with van der Waals surface area (Å²) in [4.78, 5) is 15.4. The molecule has 1 aromatic rings. The number of carbonyl (C=O) groups is 1. The van der Waals surface area contributed by atoms with E-state index in [4.69, 9.17) is 23.2 Å². The molecule has 0 saturated heterocycles. The van der Waals surface area contributed by atoms with E-state index in [1.807, 2.05) is 0 Å². The van der Waals surface area contributed by atoms with Crippen LogP contribution in [-0.2, 0) is 0 Å². The van der Waals surface area contributed by atoms with Crippen molar-refractivity contribution in [3.8, 4) is 0 Å². The highest BCUT2D eigenvalue weighted by Gasteiger charge is 2.25. The van der Waals surface area contributed by atoms with E-state index in [9.17, 15) is 18.0 Å². The van der Waals surface area contributed by atoms with Crippen LogP contribution in [0.15, 0.2) is 12.1 Å². The van der Waals surface area contributed by atoms with Gasteiger partial charge in [-0.25, -0.2) is 4.98 Å². The topological polar surface area (TPSA) is 42.0 Å². The van der Waals surface area contributed by atoms with E-state index in [0.717, 1.165) is 0 Å². The van der Waals surface area contributed by atoms with Gasteiger partial charge in [-0.05, 0) is 25.0 Å². The molecule has 1 aromatic heterocycles. The summed E-state index contributed by atoms with van der Waals surface area (Å²) in [6.45, 7) is 0.124. The summed E-state index contributed by atoms with van der Waals surface area (Å²) in [5.74, 6) is -0.556. The number of aromatic nitrogens is 1. The quantitative estimate of drug-likeness (QED) is 0.662. The lowest BCUT2D eigenvalue weighted by atomic mass is 10.2. The second-order valence-corrected chi connectivity index (χ2v) is 4.59. The molecular formula is C11H11Cl2F3N2O. The number of nitrogens with zero attached hydrogens (tertiary/aromatic N) is 1. The predicted octanol–water partition coefficient (Wildman–Crippen LogP) is 3.85. The molecule has 1 heterocycles. The number of unbranched alkanes of at least 4 members (excludes halogenated alkanes) is 1. The largest absolute Gasteiger partial charge is 0.389 e. The van der Waals surface area contributed by atoms with Crippen molar-refractivity contribution in [1.29, 1.82) is 0 Å². The lowest BCUT2D eigenvalue weighted by Gasteiger charge is -2.07. The molecule has 3 nitrogen and oxygen atoms in total. The first-order valence-corrected chi connectivity index (χ1v) is 6.22. The molecule has 8 heteroatoms. The number of amides is 1. The summed E-state index contributed by atoms with van der Waals surface area (Å²) >= 11 is 11.4. The number of alkyl halides is 3. The smallest absolute Gasteiger partial charge is 0.351 e. The number of hydrogen-bond acceptors (Lipinski definition) is 2. The third-order valence-corrected chi connectivity index (χ3v) is 2.72. The van der Waals surface area contributed by atoms with Crippen molar-refractivity contribution in [3.05, 3.63) is 28.0 Å². The predicted molar refractivity (Wildman–Crippen MR) is 66.5 cm³/mol. The standard InChI is InChI=1S/C11H11Cl2F3N2O/c12-7-3-4-8(13)18-9(7)10(19)17-6-2-1-5-11(14,15)16/h3-4H,1-2,5-6H2,(H,17,19). The number of hydrogen-bond donors (Lipinski definition) is 1. The molecule has 0 bridgehead atoms. The van der Waals surface area contributed by atoms with Gasteiger partial charge in [0.05, 0.1) is 5.02 Å². The van der Waals surface area contributed by atoms with Gasteiger partial charge in [0, 0.05) is 13.0 Å². The summed E-state index contributed by atoms with van der Waals surface area (Å²) in [7, 11) is 0. The third-order valence-electron chi connectivity index (χ3n) is 2.20. The summed E-state index contributed by atoms with van der Waals surface area (Å²) in [6.07, 6.45) is -4.84. The van der Waals surface area contributed by atoms with Crippen LogP contribution in [0, 0.1) is 0 Å². The number of nitrogens with one attached hydrogen (secondary N) is 1. The Hall–Kier alpha value is -1.01. The summed E-state index contributed by atoms with van der Waals surface area (Å²) in [5.41, 5.74) is -0.0370. The Morgan fingerprint density at radius 3 is 2.58 bits per heavy atom. The van der Waals surface area contributed by atoms with E-state index in [2.05, 4.69) is 10.3 Å². The van der Waals surface area contributed by atoms with Crippen LogP contribution in [0.5, 0.6) is 0 Å². The minimum atomic E-state index is -4.16. The molecule has 0 aliphatic rings. The fourth-order valence-electron chi connectivity index (χ4n) is 1.31. The van der Waals surface area contributed by atoms with E-state index in [1.54, 1.807) is 0 Å². The highest BCUT2D eigenvalue weighted by Crippen LogP contribution is 2.22. The Bertz CT molecular complexity index is 452. The maximum Gasteiger partial charge on any atom is 0.389 e. The van der Waals surface area contributed by atoms with Gasteiger partial charge in [-0.3, -0.25) is 4.79 Å². The lowest BCUT2D eigenvalue weighted by molar-refractivity contribution is -0.135. The Kier molecular flexibility index (Phi) is 5.87. The highest BCUT2D eigenvalue weighted by molar-refractivity contribution is 6.34. The summed E-state index contributed by atoms with van der Waals surface area (Å²) in [6, 6.07) is 2.86. The van der Waals surface area contributed by atoms with E-state index in [1.165, 1.54) is 12.1 Å². The Morgan fingerprint density at radius 1 is 1.26 bits per heavy atom. The van der Waals surface area contributed by atoms with Crippen LogP contribution in [0.2, 0.25) is 10.2 Å². The molecule has 1 amide bonds. The van der Waals surface area contributed by atoms with Crippen molar-refractivity contribution in [2.24, 2.45) is 0 Å². The van der Waals surface area contributed by atoms with Crippen LogP contribution >= 0.6 is 23.2 Å². The number of pyridine rings is 1. The zero-order valence-electron chi connectivity index (χ0n) is 9.73. The van der Waals surface area contributed by atoms with Gasteiger partial charge >= 0.3 is 6.18 Å². The van der Waals surface area contributed by atoms with Crippen LogP contribution in [0.1, 0.15) is 29.8 Å². The molecule has 0 saturated carbocycles. The third kappa shape index (κ3) is 6.11. The molecule has 0 radical (unpaired) electrons. The molecule has 0 aliphatic carbocycles. The zero-order valence-corrected chi connectivity index (χ0v) is 11.2. The lowest BCUT2D eigenvalue weighted by Crippen LogP contribution is -2.26. The average molecular weight is 315 g/mol. The summed E-state index contributed by atoms with van der Waals surface area (Å²) < 4.78 is 35.6. The van der Waals surface area contributed by atoms with Gasteiger partial charge in [-0.1, -0.05) is 23.2 Å². The maximum absolute atomic E-state index is 11.9. The van der Waals surface area contributed by atoms with Gasteiger partial charge in [-0.15, -0.1) is 0 Å². The molecule has 1 N–H and O–H groups in total. The van der Waals surface area contributed by atoms with Crippen molar-refractivity contribution in [1.82, 2.24) is 10.3 Å². The van der Waals surface area contributed by atoms with Crippen molar-refractivity contribution in [3.63, 3.8) is 0 Å². The molecule has 0 spiro atoms. The maximum atomic E-state index is 11.9. The SMILES string of the molecule is O=C(NCCCCC(F)(F)F)c1nc(Cl)ccc1Cl. The number of rotatable bonds is 5. The number of halogens is 5. The van der Waals surface area contributed by atoms with Crippen molar-refractivity contribution in [2.75, 3.05) is 6.54 Å². The molecular weight excluding hydrogens is 304 g/mol. The number of carbonyl (C=O) groups excluding carboxylic acids is 1. The van der Waals surface area contributed by atoms with Gasteiger partial charge in [0.2, 0.25) is 0 Å². The van der Waals surface area contributed by atoms with Gasteiger partial charge in [0.25, 0.3) is 5.91 Å². The molecule has 0 aliphatic heterocycles. The molecule has 0 aromatic carbocycles. The summed E-state index contributed by atoms with van der Waals surface area (Å²) in [5, 5.41) is 2.69. The molecule has 1 rings (SSSR count). The fourth-order valence-corrected chi connectivity index (χ4v) is 1.65. The minimum Gasteiger partial charge on any atom is -0.351 e. The second-order valence-electron chi connectivity index (χ2n) is 3.79. The molecule has 19 heavy (non-hydrogen) atoms. The zero-order chi connectivity index (χ0) is 14.5. The van der Waals surface area contributed by atoms with Gasteiger partial charge < -0.3 is 5.32 Å². The van der Waals surface area contributed by atoms with Crippen LogP contribution < -0.4 is 5.32 Å². The van der Waals surface area contributed by atoms with Crippen LogP contribution in [0.25, 0.3) is 0 Å². The Labute approximate surface area is 118 Å². The van der Waals surface area contributed by atoms with E-state index < -0.39 is 18.5 Å². The first kappa shape index (κ1) is 16.0. The molecule has 106 valence electrons. The van der Waals surface area contributed by atoms with E-state index in [0.29, 0.717) is 0 Å². The highest BCUT2D eigenvalue weighted by atomic mass is 35.5. The van der Waals surface area contributed by atoms with Crippen molar-refractivity contribution in [2.45, 2.75) is 25.4 Å². The monoisotopic (exact) mass is 314 g/mol. The molecule has 0 unspecified atom stereocenters. The van der Waals surface area contributed by atoms with E-state index in [-0.39, 0.29) is 35.3 Å². The van der Waals surface area contributed by atoms with Gasteiger partial charge in [0.1, 0.15) is 10.8 Å². The van der Waals surface area contributed by atoms with Crippen LogP contribution in [-0.4, -0.2) is 23.6 Å². The van der Waals surface area contributed by atoms with Crippen molar-refractivity contribution >= 4 is 29.1 Å². The Balaban J connectivity index is 2.38. The van der Waals surface area contributed by atoms with Crippen LogP contribution in [0.3, 0.4) is 0 Å². The first-order valence-electron chi connectivity index (χ1n) is 5.46. The first-order chi connectivity index (χ1) is 8.79. The van der Waals surface area contributed by atoms with Gasteiger partial charge in [0.15, 0.2) is 0 Å².